The van der Waals surface area contributed by atoms with Crippen LogP contribution in [0.3, 0.4) is 0 Å². The van der Waals surface area contributed by atoms with Gasteiger partial charge in [0.15, 0.2) is 5.82 Å². The van der Waals surface area contributed by atoms with Crippen molar-refractivity contribution in [3.63, 3.8) is 0 Å². The van der Waals surface area contributed by atoms with Gasteiger partial charge in [-0.1, -0.05) is 30.8 Å². The lowest BCUT2D eigenvalue weighted by Gasteiger charge is -2.23. The minimum absolute atomic E-state index is 0.00266. The number of halogens is 3. The molecule has 0 saturated heterocycles. The normalized spacial score (nSPS) is 10.7. The molecule has 4 rings (SSSR count). The molecule has 0 amide bonds. The number of anilines is 4. The zero-order valence-corrected chi connectivity index (χ0v) is 19.7. The zero-order chi connectivity index (χ0) is 24.4. The van der Waals surface area contributed by atoms with E-state index in [1.807, 2.05) is 6.07 Å². The van der Waals surface area contributed by atoms with E-state index in [0.717, 1.165) is 4.88 Å². The Morgan fingerprint density at radius 2 is 1.85 bits per heavy atom. The Kier molecular flexibility index (Phi) is 6.63. The predicted molar refractivity (Wildman–Crippen MR) is 138 cm³/mol. The van der Waals surface area contributed by atoms with Crippen LogP contribution in [0.25, 0.3) is 23.2 Å². The highest BCUT2D eigenvalue weighted by atomic mass is 35.5. The van der Waals surface area contributed by atoms with Gasteiger partial charge in [0.2, 0.25) is 0 Å². The van der Waals surface area contributed by atoms with Gasteiger partial charge in [-0.05, 0) is 54.6 Å². The topological polar surface area (TPSA) is 67.1 Å². The van der Waals surface area contributed by atoms with Crippen molar-refractivity contribution in [3.05, 3.63) is 94.9 Å². The van der Waals surface area contributed by atoms with E-state index in [2.05, 4.69) is 28.4 Å². The summed E-state index contributed by atoms with van der Waals surface area (Å²) >= 11 is 7.24. The first kappa shape index (κ1) is 23.4. The minimum Gasteiger partial charge on any atom is -0.391 e. The largest absolute Gasteiger partial charge is 0.391 e. The molecule has 0 bridgehead atoms. The molecule has 0 unspecified atom stereocenters. The van der Waals surface area contributed by atoms with E-state index < -0.39 is 5.82 Å². The lowest BCUT2D eigenvalue weighted by atomic mass is 10.1. The number of hydrogen-bond acceptors (Lipinski definition) is 6. The van der Waals surface area contributed by atoms with E-state index in [1.54, 1.807) is 42.3 Å². The number of nitrogens with two attached hydrogens (primary N) is 1. The Morgan fingerprint density at radius 1 is 1.12 bits per heavy atom. The van der Waals surface area contributed by atoms with Crippen molar-refractivity contribution in [2.24, 2.45) is 0 Å². The molecule has 0 aliphatic heterocycles. The van der Waals surface area contributed by atoms with Crippen LogP contribution in [0, 0.1) is 11.6 Å². The van der Waals surface area contributed by atoms with E-state index in [-0.39, 0.29) is 16.7 Å². The Hall–Kier alpha value is -3.75. The molecule has 0 saturated carbocycles. The molecule has 3 N–H and O–H groups in total. The Labute approximate surface area is 204 Å². The summed E-state index contributed by atoms with van der Waals surface area (Å²) in [6.07, 6.45) is 1.61. The Morgan fingerprint density at radius 3 is 2.47 bits per heavy atom. The van der Waals surface area contributed by atoms with Crippen molar-refractivity contribution >= 4 is 57.0 Å². The van der Waals surface area contributed by atoms with Gasteiger partial charge in [-0.3, -0.25) is 0 Å². The lowest BCUT2D eigenvalue weighted by molar-refractivity contribution is 0.627. The summed E-state index contributed by atoms with van der Waals surface area (Å²) in [6.45, 7) is 8.02. The van der Waals surface area contributed by atoms with Crippen LogP contribution in [-0.4, -0.2) is 17.0 Å². The molecular formula is C25H20ClF2N5S. The predicted octanol–water partition coefficient (Wildman–Crippen LogP) is 7.21. The first-order valence-electron chi connectivity index (χ1n) is 10.1. The lowest BCUT2D eigenvalue weighted by Crippen LogP contribution is -2.16. The van der Waals surface area contributed by atoms with Crippen LogP contribution in [0.4, 0.5) is 31.1 Å². The molecule has 5 nitrogen and oxygen atoms in total. The average molecular weight is 496 g/mol. The fraction of sp³-hybridized carbons (Fsp3) is 0.0400. The van der Waals surface area contributed by atoms with Gasteiger partial charge in [0.25, 0.3) is 0 Å². The number of benzene rings is 2. The van der Waals surface area contributed by atoms with Gasteiger partial charge in [0.05, 0.1) is 20.5 Å². The number of nitrogen functional groups attached to an aromatic ring is 1. The van der Waals surface area contributed by atoms with Gasteiger partial charge in [-0.25, -0.2) is 18.7 Å². The van der Waals surface area contributed by atoms with Crippen LogP contribution >= 0.6 is 22.9 Å². The molecule has 34 heavy (non-hydrogen) atoms. The molecule has 0 fully saturated rings. The van der Waals surface area contributed by atoms with Gasteiger partial charge >= 0.3 is 0 Å². The van der Waals surface area contributed by atoms with E-state index >= 15 is 0 Å². The quantitative estimate of drug-likeness (QED) is 0.283. The van der Waals surface area contributed by atoms with Crippen molar-refractivity contribution < 1.29 is 8.78 Å². The maximum absolute atomic E-state index is 14.2. The molecule has 2 heterocycles. The SMILES string of the molecule is C=Cc1c(NC(=C)c2ccc(N)s2)nc(-c2ccc(Cl)c(F)c2)nc1N(C)c1ccc(F)cc1. The van der Waals surface area contributed by atoms with Crippen LogP contribution in [0.5, 0.6) is 0 Å². The summed E-state index contributed by atoms with van der Waals surface area (Å²) in [5.74, 6) is 0.206. The summed E-state index contributed by atoms with van der Waals surface area (Å²) in [5, 5.41) is 3.86. The number of nitrogens with one attached hydrogen (secondary N) is 1. The number of nitrogens with zero attached hydrogens (tertiary/aromatic N) is 3. The van der Waals surface area contributed by atoms with Gasteiger partial charge in [0.1, 0.15) is 23.3 Å². The molecule has 4 aromatic rings. The molecule has 2 aromatic heterocycles. The summed E-state index contributed by atoms with van der Waals surface area (Å²) in [5.41, 5.74) is 8.13. The number of hydrogen-bond donors (Lipinski definition) is 2. The highest BCUT2D eigenvalue weighted by molar-refractivity contribution is 7.16. The first-order valence-corrected chi connectivity index (χ1v) is 11.3. The Balaban J connectivity index is 1.86. The molecule has 2 aromatic carbocycles. The summed E-state index contributed by atoms with van der Waals surface area (Å²) in [7, 11) is 1.79. The summed E-state index contributed by atoms with van der Waals surface area (Å²) < 4.78 is 27.7. The highest BCUT2D eigenvalue weighted by Gasteiger charge is 2.19. The molecule has 0 aliphatic rings. The maximum Gasteiger partial charge on any atom is 0.164 e. The number of thiophene rings is 1. The minimum atomic E-state index is -0.586. The first-order chi connectivity index (χ1) is 16.3. The molecule has 0 spiro atoms. The second-order valence-corrected chi connectivity index (χ2v) is 8.83. The van der Waals surface area contributed by atoms with Gasteiger partial charge in [-0.15, -0.1) is 11.3 Å². The third kappa shape index (κ3) is 4.78. The van der Waals surface area contributed by atoms with Crippen molar-refractivity contribution in [1.29, 1.82) is 0 Å². The van der Waals surface area contributed by atoms with Gasteiger partial charge < -0.3 is 16.0 Å². The van der Waals surface area contributed by atoms with Crippen molar-refractivity contribution in [2.75, 3.05) is 23.0 Å². The summed E-state index contributed by atoms with van der Waals surface area (Å²) in [4.78, 5) is 11.9. The van der Waals surface area contributed by atoms with Crippen LogP contribution < -0.4 is 16.0 Å². The molecule has 0 aliphatic carbocycles. The second kappa shape index (κ2) is 9.62. The Bertz CT molecular complexity index is 1380. The smallest absolute Gasteiger partial charge is 0.164 e. The fourth-order valence-corrected chi connectivity index (χ4v) is 4.09. The van der Waals surface area contributed by atoms with Gasteiger partial charge in [0, 0.05) is 24.0 Å². The zero-order valence-electron chi connectivity index (χ0n) is 18.1. The fourth-order valence-electron chi connectivity index (χ4n) is 3.27. The van der Waals surface area contributed by atoms with Crippen LogP contribution in [-0.2, 0) is 0 Å². The highest BCUT2D eigenvalue weighted by Crippen LogP contribution is 2.35. The van der Waals surface area contributed by atoms with Crippen molar-refractivity contribution in [3.8, 4) is 11.4 Å². The van der Waals surface area contributed by atoms with E-state index in [0.29, 0.717) is 39.1 Å². The van der Waals surface area contributed by atoms with Crippen molar-refractivity contribution in [2.45, 2.75) is 0 Å². The monoisotopic (exact) mass is 495 g/mol. The van der Waals surface area contributed by atoms with Crippen LogP contribution in [0.1, 0.15) is 10.4 Å². The average Bonchev–Trinajstić information content (AvgIpc) is 3.27. The molecule has 0 atom stereocenters. The third-order valence-electron chi connectivity index (χ3n) is 5.03. The van der Waals surface area contributed by atoms with E-state index in [9.17, 15) is 8.78 Å². The van der Waals surface area contributed by atoms with E-state index in [4.69, 9.17) is 17.3 Å². The maximum atomic E-state index is 14.2. The molecule has 0 radical (unpaired) electrons. The number of rotatable bonds is 7. The number of aromatic nitrogens is 2. The summed E-state index contributed by atoms with van der Waals surface area (Å²) in [6, 6.07) is 14.0. The third-order valence-corrected chi connectivity index (χ3v) is 6.31. The van der Waals surface area contributed by atoms with E-state index in [1.165, 1.54) is 35.6 Å². The second-order valence-electron chi connectivity index (χ2n) is 7.31. The molecular weight excluding hydrogens is 476 g/mol. The van der Waals surface area contributed by atoms with Crippen molar-refractivity contribution in [1.82, 2.24) is 9.97 Å². The molecule has 172 valence electrons. The standard InChI is InChI=1S/C25H20ClF2N5S/c1-4-18-24(30-14(2)21-11-12-22(29)34-21)31-23(15-5-10-19(26)20(28)13-15)32-25(18)33(3)17-8-6-16(27)7-9-17/h4-13H,1-2,29H2,3H3,(H,30,31,32). The van der Waals surface area contributed by atoms with Gasteiger partial charge in [-0.2, -0.15) is 0 Å². The van der Waals surface area contributed by atoms with Crippen LogP contribution in [0.2, 0.25) is 5.02 Å². The van der Waals surface area contributed by atoms with Crippen LogP contribution in [0.15, 0.2) is 67.8 Å². The molecule has 9 heteroatoms.